The highest BCUT2D eigenvalue weighted by Crippen LogP contribution is 2.32. The van der Waals surface area contributed by atoms with E-state index in [-0.39, 0.29) is 0 Å². The van der Waals surface area contributed by atoms with Gasteiger partial charge in [0.25, 0.3) is 0 Å². The van der Waals surface area contributed by atoms with Crippen LogP contribution in [0.2, 0.25) is 0 Å². The molecule has 0 saturated carbocycles. The third-order valence-corrected chi connectivity index (χ3v) is 3.96. The van der Waals surface area contributed by atoms with E-state index >= 15 is 0 Å². The molecule has 0 N–H and O–H groups in total. The van der Waals surface area contributed by atoms with Crippen LogP contribution in [-0.4, -0.2) is 0 Å². The molecule has 0 aliphatic heterocycles. The molecular formula is C14H30. The molecule has 0 radical (unpaired) electrons. The van der Waals surface area contributed by atoms with Crippen LogP contribution >= 0.6 is 0 Å². The van der Waals surface area contributed by atoms with Crippen molar-refractivity contribution >= 4 is 0 Å². The Balaban J connectivity index is 4.17. The summed E-state index contributed by atoms with van der Waals surface area (Å²) in [5.74, 6) is 3.57. The van der Waals surface area contributed by atoms with Crippen LogP contribution in [-0.2, 0) is 0 Å². The maximum absolute atomic E-state index is 2.45. The normalized spacial score (nSPS) is 18.2. The monoisotopic (exact) mass is 198 g/mol. The van der Waals surface area contributed by atoms with E-state index < -0.39 is 0 Å². The minimum Gasteiger partial charge on any atom is -0.0654 e. The fourth-order valence-electron chi connectivity index (χ4n) is 2.44. The Morgan fingerprint density at radius 3 is 1.86 bits per heavy atom. The topological polar surface area (TPSA) is 0 Å². The SMILES string of the molecule is CCCCC(C(C)C)C(C)C(C)CC. The van der Waals surface area contributed by atoms with Gasteiger partial charge < -0.3 is 0 Å². The molecule has 3 atom stereocenters. The predicted molar refractivity (Wildman–Crippen MR) is 66.5 cm³/mol. The minimum absolute atomic E-state index is 0.852. The summed E-state index contributed by atoms with van der Waals surface area (Å²) in [5.41, 5.74) is 0. The standard InChI is InChI=1S/C14H30/c1-7-9-10-14(11(3)4)13(6)12(5)8-2/h11-14H,7-10H2,1-6H3. The zero-order valence-corrected chi connectivity index (χ0v) is 11.1. The van der Waals surface area contributed by atoms with Crippen molar-refractivity contribution in [1.82, 2.24) is 0 Å². The van der Waals surface area contributed by atoms with Crippen molar-refractivity contribution in [2.75, 3.05) is 0 Å². The third-order valence-electron chi connectivity index (χ3n) is 3.96. The first-order valence-corrected chi connectivity index (χ1v) is 6.54. The molecule has 0 saturated heterocycles. The molecule has 0 bridgehead atoms. The average Bonchev–Trinajstić information content (AvgIpc) is 2.16. The maximum atomic E-state index is 2.45. The molecular weight excluding hydrogens is 168 g/mol. The highest BCUT2D eigenvalue weighted by atomic mass is 14.3. The highest BCUT2D eigenvalue weighted by Gasteiger charge is 2.23. The second-order valence-corrected chi connectivity index (χ2v) is 5.29. The summed E-state index contributed by atoms with van der Waals surface area (Å²) in [6.45, 7) is 14.3. The van der Waals surface area contributed by atoms with Crippen LogP contribution in [0.4, 0.5) is 0 Å². The Hall–Kier alpha value is 0. The first kappa shape index (κ1) is 14.0. The number of rotatable bonds is 7. The number of hydrogen-bond acceptors (Lipinski definition) is 0. The molecule has 0 aromatic heterocycles. The van der Waals surface area contributed by atoms with Crippen molar-refractivity contribution in [3.05, 3.63) is 0 Å². The van der Waals surface area contributed by atoms with Gasteiger partial charge in [-0.05, 0) is 30.1 Å². The Kier molecular flexibility index (Phi) is 7.31. The van der Waals surface area contributed by atoms with Crippen molar-refractivity contribution < 1.29 is 0 Å². The lowest BCUT2D eigenvalue weighted by molar-refractivity contribution is 0.185. The Morgan fingerprint density at radius 1 is 0.929 bits per heavy atom. The summed E-state index contributed by atoms with van der Waals surface area (Å²) >= 11 is 0. The van der Waals surface area contributed by atoms with Gasteiger partial charge in [0.1, 0.15) is 0 Å². The average molecular weight is 198 g/mol. The van der Waals surface area contributed by atoms with Gasteiger partial charge in [-0.25, -0.2) is 0 Å². The smallest absolute Gasteiger partial charge is 0.0363 e. The van der Waals surface area contributed by atoms with E-state index in [1.165, 1.54) is 25.7 Å². The van der Waals surface area contributed by atoms with E-state index in [1.807, 2.05) is 0 Å². The Labute approximate surface area is 91.5 Å². The summed E-state index contributed by atoms with van der Waals surface area (Å²) in [5, 5.41) is 0. The van der Waals surface area contributed by atoms with Crippen molar-refractivity contribution in [2.24, 2.45) is 23.7 Å². The molecule has 0 heterocycles. The van der Waals surface area contributed by atoms with Crippen LogP contribution in [0.1, 0.15) is 67.2 Å². The lowest BCUT2D eigenvalue weighted by Gasteiger charge is -2.31. The maximum Gasteiger partial charge on any atom is -0.0363 e. The summed E-state index contributed by atoms with van der Waals surface area (Å²) < 4.78 is 0. The van der Waals surface area contributed by atoms with Gasteiger partial charge in [-0.2, -0.15) is 0 Å². The first-order valence-electron chi connectivity index (χ1n) is 6.54. The van der Waals surface area contributed by atoms with E-state index in [1.54, 1.807) is 0 Å². The van der Waals surface area contributed by atoms with E-state index in [0.717, 1.165) is 23.7 Å². The molecule has 0 spiro atoms. The fraction of sp³-hybridized carbons (Fsp3) is 1.00. The third kappa shape index (κ3) is 4.48. The van der Waals surface area contributed by atoms with E-state index in [2.05, 4.69) is 41.5 Å². The Bertz CT molecular complexity index is 126. The van der Waals surface area contributed by atoms with Crippen LogP contribution in [0.5, 0.6) is 0 Å². The molecule has 0 aromatic rings. The summed E-state index contributed by atoms with van der Waals surface area (Å²) in [6.07, 6.45) is 5.51. The van der Waals surface area contributed by atoms with Crippen molar-refractivity contribution in [3.63, 3.8) is 0 Å². The molecule has 0 heteroatoms. The molecule has 3 unspecified atom stereocenters. The Morgan fingerprint density at radius 2 is 1.50 bits per heavy atom. The molecule has 0 aliphatic carbocycles. The molecule has 0 aromatic carbocycles. The molecule has 86 valence electrons. The van der Waals surface area contributed by atoms with Gasteiger partial charge in [0, 0.05) is 0 Å². The lowest BCUT2D eigenvalue weighted by Crippen LogP contribution is -2.23. The highest BCUT2D eigenvalue weighted by molar-refractivity contribution is 4.73. The molecule has 0 rings (SSSR count). The zero-order chi connectivity index (χ0) is 11.1. The van der Waals surface area contributed by atoms with Gasteiger partial charge in [-0.1, -0.05) is 60.8 Å². The van der Waals surface area contributed by atoms with Crippen LogP contribution in [0.25, 0.3) is 0 Å². The lowest BCUT2D eigenvalue weighted by atomic mass is 9.74. The molecule has 0 aliphatic rings. The van der Waals surface area contributed by atoms with Crippen molar-refractivity contribution in [2.45, 2.75) is 67.2 Å². The fourth-order valence-corrected chi connectivity index (χ4v) is 2.44. The van der Waals surface area contributed by atoms with Gasteiger partial charge in [-0.3, -0.25) is 0 Å². The minimum atomic E-state index is 0.852. The zero-order valence-electron chi connectivity index (χ0n) is 11.1. The van der Waals surface area contributed by atoms with Crippen LogP contribution in [0.3, 0.4) is 0 Å². The number of hydrogen-bond donors (Lipinski definition) is 0. The van der Waals surface area contributed by atoms with E-state index in [9.17, 15) is 0 Å². The first-order chi connectivity index (χ1) is 6.54. The molecule has 0 amide bonds. The summed E-state index contributed by atoms with van der Waals surface area (Å²) in [6, 6.07) is 0. The predicted octanol–water partition coefficient (Wildman–Crippen LogP) is 5.13. The van der Waals surface area contributed by atoms with Crippen LogP contribution in [0.15, 0.2) is 0 Å². The van der Waals surface area contributed by atoms with Gasteiger partial charge in [-0.15, -0.1) is 0 Å². The summed E-state index contributed by atoms with van der Waals surface area (Å²) in [7, 11) is 0. The van der Waals surface area contributed by atoms with E-state index in [0.29, 0.717) is 0 Å². The van der Waals surface area contributed by atoms with Gasteiger partial charge in [0.2, 0.25) is 0 Å². The second kappa shape index (κ2) is 7.31. The summed E-state index contributed by atoms with van der Waals surface area (Å²) in [4.78, 5) is 0. The second-order valence-electron chi connectivity index (χ2n) is 5.29. The number of unbranched alkanes of at least 4 members (excludes halogenated alkanes) is 1. The van der Waals surface area contributed by atoms with Crippen LogP contribution < -0.4 is 0 Å². The molecule has 0 fully saturated rings. The van der Waals surface area contributed by atoms with Gasteiger partial charge in [0.05, 0.1) is 0 Å². The van der Waals surface area contributed by atoms with Crippen molar-refractivity contribution in [1.29, 1.82) is 0 Å². The molecule has 0 nitrogen and oxygen atoms in total. The molecule has 14 heavy (non-hydrogen) atoms. The van der Waals surface area contributed by atoms with E-state index in [4.69, 9.17) is 0 Å². The quantitative estimate of drug-likeness (QED) is 0.532. The van der Waals surface area contributed by atoms with Gasteiger partial charge in [0.15, 0.2) is 0 Å². The van der Waals surface area contributed by atoms with Crippen molar-refractivity contribution in [3.8, 4) is 0 Å². The largest absolute Gasteiger partial charge is 0.0654 e. The van der Waals surface area contributed by atoms with Crippen LogP contribution in [0, 0.1) is 23.7 Å². The van der Waals surface area contributed by atoms with Gasteiger partial charge >= 0.3 is 0 Å².